The van der Waals surface area contributed by atoms with Gasteiger partial charge in [0.1, 0.15) is 0 Å². The van der Waals surface area contributed by atoms with Gasteiger partial charge in [0.25, 0.3) is 0 Å². The Hall–Kier alpha value is 0.217. The molecule has 0 heterocycles. The third-order valence-electron chi connectivity index (χ3n) is 3.40. The van der Waals surface area contributed by atoms with Crippen molar-refractivity contribution in [2.75, 3.05) is 0 Å². The lowest BCUT2D eigenvalue weighted by Crippen LogP contribution is -1.98. The van der Waals surface area contributed by atoms with Gasteiger partial charge in [-0.15, -0.1) is 0 Å². The highest BCUT2D eigenvalue weighted by Gasteiger charge is 1.98. The molecule has 0 unspecified atom stereocenters. The highest BCUT2D eigenvalue weighted by molar-refractivity contribution is 6.35. The lowest BCUT2D eigenvalue weighted by atomic mass is 10.1. The SMILES string of the molecule is CCCCCCCCCC[Si]C[C@@H](C)CC. The van der Waals surface area contributed by atoms with Crippen LogP contribution in [0.15, 0.2) is 0 Å². The van der Waals surface area contributed by atoms with E-state index in [0.29, 0.717) is 0 Å². The summed E-state index contributed by atoms with van der Waals surface area (Å²) in [6, 6.07) is 2.98. The standard InChI is InChI=1S/C15H32Si/c1-4-6-7-8-9-10-11-12-13-16-14-15(3)5-2/h15H,4-14H2,1-3H3/t15-/m0/s1. The Morgan fingerprint density at radius 2 is 1.38 bits per heavy atom. The quantitative estimate of drug-likeness (QED) is 0.302. The molecule has 0 rings (SSSR count). The first-order valence-corrected chi connectivity index (χ1v) is 8.93. The van der Waals surface area contributed by atoms with Crippen LogP contribution in [0.4, 0.5) is 0 Å². The molecule has 0 saturated carbocycles. The molecule has 0 aromatic rings. The Balaban J connectivity index is 2.93. The van der Waals surface area contributed by atoms with Gasteiger partial charge in [-0.1, -0.05) is 90.6 Å². The van der Waals surface area contributed by atoms with Gasteiger partial charge < -0.3 is 0 Å². The fourth-order valence-corrected chi connectivity index (χ4v) is 3.36. The van der Waals surface area contributed by atoms with E-state index in [9.17, 15) is 0 Å². The molecule has 0 bridgehead atoms. The van der Waals surface area contributed by atoms with Gasteiger partial charge in [0.15, 0.2) is 0 Å². The molecule has 0 N–H and O–H groups in total. The van der Waals surface area contributed by atoms with Gasteiger partial charge in [-0.25, -0.2) is 0 Å². The summed E-state index contributed by atoms with van der Waals surface area (Å²) in [6.07, 6.45) is 13.1. The zero-order chi connectivity index (χ0) is 12.1. The molecule has 0 fully saturated rings. The molecule has 0 aliphatic heterocycles. The molecular formula is C15H32Si. The molecule has 16 heavy (non-hydrogen) atoms. The van der Waals surface area contributed by atoms with E-state index in [0.717, 1.165) is 5.92 Å². The second kappa shape index (κ2) is 13.3. The topological polar surface area (TPSA) is 0 Å². The third kappa shape index (κ3) is 12.3. The van der Waals surface area contributed by atoms with Gasteiger partial charge in [-0.05, 0) is 5.92 Å². The van der Waals surface area contributed by atoms with Crippen molar-refractivity contribution in [3.8, 4) is 0 Å². The van der Waals surface area contributed by atoms with Crippen LogP contribution in [-0.4, -0.2) is 9.52 Å². The Labute approximate surface area is 106 Å². The van der Waals surface area contributed by atoms with E-state index in [-0.39, 0.29) is 0 Å². The molecule has 0 aromatic heterocycles. The number of hydrogen-bond acceptors (Lipinski definition) is 0. The maximum atomic E-state index is 2.39. The predicted octanol–water partition coefficient (Wildman–Crippen LogP) is 5.71. The molecule has 0 aliphatic rings. The Kier molecular flexibility index (Phi) is 13.5. The van der Waals surface area contributed by atoms with Crippen LogP contribution < -0.4 is 0 Å². The van der Waals surface area contributed by atoms with Crippen molar-refractivity contribution in [1.82, 2.24) is 0 Å². The Morgan fingerprint density at radius 3 is 1.94 bits per heavy atom. The number of rotatable bonds is 12. The van der Waals surface area contributed by atoms with Crippen molar-refractivity contribution in [1.29, 1.82) is 0 Å². The first kappa shape index (κ1) is 16.2. The van der Waals surface area contributed by atoms with Crippen LogP contribution in [0.3, 0.4) is 0 Å². The zero-order valence-corrected chi connectivity index (χ0v) is 12.9. The molecule has 1 atom stereocenters. The van der Waals surface area contributed by atoms with E-state index < -0.39 is 0 Å². The summed E-state index contributed by atoms with van der Waals surface area (Å²) < 4.78 is 0. The smallest absolute Gasteiger partial charge is 0.0380 e. The normalized spacial score (nSPS) is 12.9. The largest absolute Gasteiger partial charge is 0.0654 e. The van der Waals surface area contributed by atoms with Crippen LogP contribution in [0.5, 0.6) is 0 Å². The molecule has 0 aliphatic carbocycles. The first-order chi connectivity index (χ1) is 7.81. The number of unbranched alkanes of at least 4 members (excludes halogenated alkanes) is 7. The van der Waals surface area contributed by atoms with Crippen molar-refractivity contribution in [3.05, 3.63) is 0 Å². The van der Waals surface area contributed by atoms with Crippen LogP contribution in [0.25, 0.3) is 0 Å². The van der Waals surface area contributed by atoms with Crippen LogP contribution in [0, 0.1) is 5.92 Å². The molecule has 0 amide bonds. The Bertz CT molecular complexity index is 123. The van der Waals surface area contributed by atoms with Gasteiger partial charge in [0.05, 0.1) is 0 Å². The molecule has 0 spiro atoms. The molecule has 1 heteroatoms. The van der Waals surface area contributed by atoms with E-state index in [1.165, 1.54) is 79.4 Å². The highest BCUT2D eigenvalue weighted by atomic mass is 28.2. The summed E-state index contributed by atoms with van der Waals surface area (Å²) in [5, 5.41) is 0. The van der Waals surface area contributed by atoms with Crippen LogP contribution in [0.1, 0.15) is 78.6 Å². The van der Waals surface area contributed by atoms with Gasteiger partial charge in [0, 0.05) is 9.52 Å². The maximum absolute atomic E-state index is 2.39. The summed E-state index contributed by atoms with van der Waals surface area (Å²) in [7, 11) is 1.23. The van der Waals surface area contributed by atoms with E-state index in [1.807, 2.05) is 0 Å². The minimum absolute atomic E-state index is 0.965. The summed E-state index contributed by atoms with van der Waals surface area (Å²) in [5.74, 6) is 0.965. The predicted molar refractivity (Wildman–Crippen MR) is 77.4 cm³/mol. The average Bonchev–Trinajstić information content (AvgIpc) is 2.31. The van der Waals surface area contributed by atoms with Crippen LogP contribution in [0.2, 0.25) is 12.1 Å². The van der Waals surface area contributed by atoms with Crippen LogP contribution in [-0.2, 0) is 0 Å². The summed E-state index contributed by atoms with van der Waals surface area (Å²) in [5.41, 5.74) is 0. The molecule has 0 aromatic carbocycles. The van der Waals surface area contributed by atoms with Gasteiger partial charge in [-0.2, -0.15) is 0 Å². The second-order valence-corrected chi connectivity index (χ2v) is 6.60. The van der Waals surface area contributed by atoms with Crippen molar-refractivity contribution in [2.45, 2.75) is 90.6 Å². The third-order valence-corrected chi connectivity index (χ3v) is 5.09. The lowest BCUT2D eigenvalue weighted by Gasteiger charge is -2.06. The van der Waals surface area contributed by atoms with Gasteiger partial charge >= 0.3 is 0 Å². The lowest BCUT2D eigenvalue weighted by molar-refractivity contribution is 0.583. The molecule has 2 radical (unpaired) electrons. The monoisotopic (exact) mass is 240 g/mol. The average molecular weight is 241 g/mol. The molecular weight excluding hydrogens is 208 g/mol. The summed E-state index contributed by atoms with van der Waals surface area (Å²) in [4.78, 5) is 0. The fourth-order valence-electron chi connectivity index (χ4n) is 1.88. The van der Waals surface area contributed by atoms with Crippen molar-refractivity contribution < 1.29 is 0 Å². The fraction of sp³-hybridized carbons (Fsp3) is 1.00. The van der Waals surface area contributed by atoms with E-state index in [2.05, 4.69) is 20.8 Å². The molecule has 0 saturated heterocycles. The zero-order valence-electron chi connectivity index (χ0n) is 11.9. The van der Waals surface area contributed by atoms with E-state index in [1.54, 1.807) is 0 Å². The van der Waals surface area contributed by atoms with E-state index >= 15 is 0 Å². The minimum Gasteiger partial charge on any atom is -0.0654 e. The number of hydrogen-bond donors (Lipinski definition) is 0. The van der Waals surface area contributed by atoms with Gasteiger partial charge in [0.2, 0.25) is 0 Å². The molecule has 0 nitrogen and oxygen atoms in total. The van der Waals surface area contributed by atoms with Crippen molar-refractivity contribution in [3.63, 3.8) is 0 Å². The second-order valence-electron chi connectivity index (χ2n) is 5.19. The van der Waals surface area contributed by atoms with Crippen molar-refractivity contribution in [2.24, 2.45) is 5.92 Å². The first-order valence-electron chi connectivity index (χ1n) is 7.52. The van der Waals surface area contributed by atoms with Crippen LogP contribution >= 0.6 is 0 Å². The Morgan fingerprint density at radius 1 is 0.812 bits per heavy atom. The summed E-state index contributed by atoms with van der Waals surface area (Å²) in [6.45, 7) is 6.99. The van der Waals surface area contributed by atoms with E-state index in [4.69, 9.17) is 0 Å². The van der Waals surface area contributed by atoms with Gasteiger partial charge in [-0.3, -0.25) is 0 Å². The highest BCUT2D eigenvalue weighted by Crippen LogP contribution is 2.12. The summed E-state index contributed by atoms with van der Waals surface area (Å²) >= 11 is 0. The minimum atomic E-state index is 0.965. The van der Waals surface area contributed by atoms with Crippen molar-refractivity contribution >= 4 is 9.52 Å². The molecule has 96 valence electrons. The maximum Gasteiger partial charge on any atom is 0.0380 e.